The Hall–Kier alpha value is -0.0800. The van der Waals surface area contributed by atoms with Crippen molar-refractivity contribution in [1.82, 2.24) is 4.90 Å². The van der Waals surface area contributed by atoms with Crippen LogP contribution in [0.2, 0.25) is 0 Å². The summed E-state index contributed by atoms with van der Waals surface area (Å²) in [6.07, 6.45) is 22.6. The van der Waals surface area contributed by atoms with Crippen molar-refractivity contribution < 1.29 is 4.79 Å². The summed E-state index contributed by atoms with van der Waals surface area (Å²) in [6, 6.07) is 0. The van der Waals surface area contributed by atoms with Crippen LogP contribution in [0.15, 0.2) is 0 Å². The smallest absolute Gasteiger partial charge is 0.119 e. The number of hydrogen-bond donors (Lipinski definition) is 0. The van der Waals surface area contributed by atoms with Crippen molar-refractivity contribution in [3.63, 3.8) is 0 Å². The largest absolute Gasteiger partial charge is 0.312 e. The second kappa shape index (κ2) is 27.8. The Labute approximate surface area is 159 Å². The standard InChI is InChI=1S/C18H36O.C3H9N.ClH/c1-2-3-4-5-6-7-8-9-10-11-12-13-14-15-16-17-18-19;1-4(2)3;/h18H,2-17H2,1H3;1-3H3;1H. The molecule has 0 unspecified atom stereocenters. The molecular formula is C21H46ClNO. The van der Waals surface area contributed by atoms with Gasteiger partial charge in [0.05, 0.1) is 0 Å². The molecule has 0 amide bonds. The molecule has 0 aliphatic heterocycles. The van der Waals surface area contributed by atoms with Crippen LogP contribution in [0, 0.1) is 0 Å². The van der Waals surface area contributed by atoms with E-state index in [-0.39, 0.29) is 12.4 Å². The Morgan fingerprint density at radius 2 is 0.833 bits per heavy atom. The van der Waals surface area contributed by atoms with Crippen molar-refractivity contribution in [3.8, 4) is 0 Å². The van der Waals surface area contributed by atoms with E-state index in [2.05, 4.69) is 6.92 Å². The number of aldehydes is 1. The van der Waals surface area contributed by atoms with E-state index < -0.39 is 0 Å². The highest BCUT2D eigenvalue weighted by molar-refractivity contribution is 5.85. The Morgan fingerprint density at radius 3 is 1.08 bits per heavy atom. The number of nitrogens with zero attached hydrogens (tertiary/aromatic N) is 1. The first-order chi connectivity index (χ1) is 11.1. The van der Waals surface area contributed by atoms with Crippen LogP contribution in [0.5, 0.6) is 0 Å². The van der Waals surface area contributed by atoms with Gasteiger partial charge in [-0.25, -0.2) is 0 Å². The Bertz CT molecular complexity index is 207. The van der Waals surface area contributed by atoms with Crippen LogP contribution in [0.3, 0.4) is 0 Å². The van der Waals surface area contributed by atoms with Gasteiger partial charge in [-0.2, -0.15) is 0 Å². The lowest BCUT2D eigenvalue weighted by Crippen LogP contribution is -1.99. The van der Waals surface area contributed by atoms with E-state index in [1.165, 1.54) is 89.9 Å². The van der Waals surface area contributed by atoms with Crippen molar-refractivity contribution in [2.75, 3.05) is 21.1 Å². The maximum absolute atomic E-state index is 10.1. The molecule has 3 heteroatoms. The lowest BCUT2D eigenvalue weighted by molar-refractivity contribution is -0.107. The van der Waals surface area contributed by atoms with Crippen molar-refractivity contribution in [1.29, 1.82) is 0 Å². The van der Waals surface area contributed by atoms with Gasteiger partial charge in [-0.1, -0.05) is 96.8 Å². The lowest BCUT2D eigenvalue weighted by Gasteiger charge is -2.02. The fourth-order valence-corrected chi connectivity index (χ4v) is 2.60. The average molecular weight is 364 g/mol. The molecule has 0 fully saturated rings. The van der Waals surface area contributed by atoms with Gasteiger partial charge < -0.3 is 9.69 Å². The van der Waals surface area contributed by atoms with E-state index in [4.69, 9.17) is 0 Å². The molecule has 0 spiro atoms. The monoisotopic (exact) mass is 363 g/mol. The van der Waals surface area contributed by atoms with Crippen molar-refractivity contribution >= 4 is 18.7 Å². The number of carbonyl (C=O) groups is 1. The molecule has 0 heterocycles. The van der Waals surface area contributed by atoms with E-state index in [1.807, 2.05) is 26.0 Å². The highest BCUT2D eigenvalue weighted by Gasteiger charge is 1.94. The number of halogens is 1. The van der Waals surface area contributed by atoms with Gasteiger partial charge in [0, 0.05) is 6.42 Å². The van der Waals surface area contributed by atoms with Crippen LogP contribution in [0.4, 0.5) is 0 Å². The van der Waals surface area contributed by atoms with Crippen LogP contribution in [-0.4, -0.2) is 32.3 Å². The highest BCUT2D eigenvalue weighted by Crippen LogP contribution is 2.13. The molecule has 24 heavy (non-hydrogen) atoms. The second-order valence-corrected chi connectivity index (χ2v) is 7.25. The number of carbonyl (C=O) groups excluding carboxylic acids is 1. The van der Waals surface area contributed by atoms with Gasteiger partial charge >= 0.3 is 0 Å². The van der Waals surface area contributed by atoms with E-state index in [9.17, 15) is 4.79 Å². The summed E-state index contributed by atoms with van der Waals surface area (Å²) in [5, 5.41) is 0. The molecule has 0 N–H and O–H groups in total. The molecule has 0 saturated heterocycles. The topological polar surface area (TPSA) is 20.3 Å². The Morgan fingerprint density at radius 1 is 0.583 bits per heavy atom. The predicted molar refractivity (Wildman–Crippen MR) is 112 cm³/mol. The van der Waals surface area contributed by atoms with E-state index in [0.29, 0.717) is 0 Å². The quantitative estimate of drug-likeness (QED) is 0.216. The van der Waals surface area contributed by atoms with Crippen molar-refractivity contribution in [2.24, 2.45) is 0 Å². The molecule has 0 aliphatic rings. The number of unbranched alkanes of at least 4 members (excludes halogenated alkanes) is 15. The normalized spacial score (nSPS) is 10.0. The van der Waals surface area contributed by atoms with Gasteiger partial charge in [-0.3, -0.25) is 0 Å². The third kappa shape index (κ3) is 37.9. The molecule has 0 radical (unpaired) electrons. The molecule has 0 bridgehead atoms. The zero-order valence-corrected chi connectivity index (χ0v) is 18.0. The molecule has 0 atom stereocenters. The molecule has 2 nitrogen and oxygen atoms in total. The number of hydrogen-bond acceptors (Lipinski definition) is 2. The molecule has 0 saturated carbocycles. The predicted octanol–water partition coefficient (Wildman–Crippen LogP) is 7.05. The van der Waals surface area contributed by atoms with Gasteiger partial charge in [0.15, 0.2) is 0 Å². The van der Waals surface area contributed by atoms with E-state index in [1.54, 1.807) is 0 Å². The van der Waals surface area contributed by atoms with Gasteiger partial charge in [0.1, 0.15) is 6.29 Å². The van der Waals surface area contributed by atoms with E-state index in [0.717, 1.165) is 19.1 Å². The summed E-state index contributed by atoms with van der Waals surface area (Å²) < 4.78 is 0. The SMILES string of the molecule is CCCCCCCCCCCCCCCCCC=O.CN(C)C.Cl. The maximum atomic E-state index is 10.1. The van der Waals surface area contributed by atoms with Gasteiger partial charge in [0.2, 0.25) is 0 Å². The summed E-state index contributed by atoms with van der Waals surface area (Å²) in [5.41, 5.74) is 0. The fraction of sp³-hybridized carbons (Fsp3) is 0.952. The molecule has 0 aliphatic carbocycles. The molecule has 0 aromatic rings. The van der Waals surface area contributed by atoms with Crippen LogP contribution >= 0.6 is 12.4 Å². The molecule has 0 rings (SSSR count). The zero-order valence-electron chi connectivity index (χ0n) is 17.2. The third-order valence-corrected chi connectivity index (χ3v) is 3.93. The van der Waals surface area contributed by atoms with E-state index >= 15 is 0 Å². The minimum absolute atomic E-state index is 0. The molecule has 0 aromatic heterocycles. The van der Waals surface area contributed by atoms with Crippen molar-refractivity contribution in [3.05, 3.63) is 0 Å². The van der Waals surface area contributed by atoms with Gasteiger partial charge in [0.25, 0.3) is 0 Å². The molecule has 148 valence electrons. The van der Waals surface area contributed by atoms with Gasteiger partial charge in [-0.05, 0) is 27.6 Å². The Kier molecular flexibility index (Phi) is 33.2. The first kappa shape index (κ1) is 28.7. The maximum Gasteiger partial charge on any atom is 0.119 e. The Balaban J connectivity index is -0.000000787. The first-order valence-corrected chi connectivity index (χ1v) is 10.2. The molecular weight excluding hydrogens is 318 g/mol. The summed E-state index contributed by atoms with van der Waals surface area (Å²) >= 11 is 0. The van der Waals surface area contributed by atoms with Crippen LogP contribution in [-0.2, 0) is 4.79 Å². The summed E-state index contributed by atoms with van der Waals surface area (Å²) in [6.45, 7) is 2.28. The van der Waals surface area contributed by atoms with Crippen molar-refractivity contribution in [2.45, 2.75) is 110 Å². The van der Waals surface area contributed by atoms with Gasteiger partial charge in [-0.15, -0.1) is 12.4 Å². The second-order valence-electron chi connectivity index (χ2n) is 7.25. The molecule has 0 aromatic carbocycles. The lowest BCUT2D eigenvalue weighted by atomic mass is 10.0. The average Bonchev–Trinajstić information content (AvgIpc) is 2.50. The van der Waals surface area contributed by atoms with Crippen LogP contribution in [0.1, 0.15) is 110 Å². The summed E-state index contributed by atoms with van der Waals surface area (Å²) in [4.78, 5) is 12.1. The fourth-order valence-electron chi connectivity index (χ4n) is 2.60. The minimum atomic E-state index is 0. The minimum Gasteiger partial charge on any atom is -0.312 e. The summed E-state index contributed by atoms with van der Waals surface area (Å²) in [5.74, 6) is 0. The number of rotatable bonds is 16. The first-order valence-electron chi connectivity index (χ1n) is 10.2. The van der Waals surface area contributed by atoms with Crippen LogP contribution < -0.4 is 0 Å². The zero-order chi connectivity index (χ0) is 17.6. The van der Waals surface area contributed by atoms with Crippen LogP contribution in [0.25, 0.3) is 0 Å². The summed E-state index contributed by atoms with van der Waals surface area (Å²) in [7, 11) is 6.00. The highest BCUT2D eigenvalue weighted by atomic mass is 35.5. The third-order valence-electron chi connectivity index (χ3n) is 3.93.